The van der Waals surface area contributed by atoms with Crippen LogP contribution in [0.3, 0.4) is 0 Å². The average molecular weight is 301 g/mol. The van der Waals surface area contributed by atoms with Gasteiger partial charge in [0.15, 0.2) is 0 Å². The zero-order chi connectivity index (χ0) is 15.3. The molecule has 0 saturated heterocycles. The highest BCUT2D eigenvalue weighted by molar-refractivity contribution is 5.33. The van der Waals surface area contributed by atoms with Gasteiger partial charge in [-0.15, -0.1) is 13.2 Å². The van der Waals surface area contributed by atoms with Crippen LogP contribution < -0.4 is 10.1 Å². The van der Waals surface area contributed by atoms with Crippen molar-refractivity contribution in [3.8, 4) is 5.75 Å². The Labute approximate surface area is 123 Å². The van der Waals surface area contributed by atoms with Crippen molar-refractivity contribution < 1.29 is 17.9 Å². The van der Waals surface area contributed by atoms with E-state index in [-0.39, 0.29) is 5.75 Å². The molecule has 2 rings (SSSR count). The Hall–Kier alpha value is -1.23. The van der Waals surface area contributed by atoms with E-state index < -0.39 is 6.36 Å². The number of benzene rings is 1. The zero-order valence-corrected chi connectivity index (χ0v) is 12.2. The third kappa shape index (κ3) is 4.92. The Bertz CT molecular complexity index is 447. The van der Waals surface area contributed by atoms with Crippen LogP contribution in [-0.4, -0.2) is 12.4 Å². The summed E-state index contributed by atoms with van der Waals surface area (Å²) in [5.41, 5.74) is 0.551. The number of alkyl halides is 3. The second-order valence-electron chi connectivity index (χ2n) is 5.60. The summed E-state index contributed by atoms with van der Waals surface area (Å²) in [7, 11) is 0. The van der Waals surface area contributed by atoms with E-state index in [0.29, 0.717) is 24.1 Å². The highest BCUT2D eigenvalue weighted by atomic mass is 19.4. The Morgan fingerprint density at radius 1 is 1.19 bits per heavy atom. The maximum Gasteiger partial charge on any atom is 0.573 e. The summed E-state index contributed by atoms with van der Waals surface area (Å²) in [6.45, 7) is 2.58. The van der Waals surface area contributed by atoms with Crippen LogP contribution in [0.1, 0.15) is 44.6 Å². The first kappa shape index (κ1) is 16.1. The van der Waals surface area contributed by atoms with E-state index in [1.54, 1.807) is 18.2 Å². The minimum Gasteiger partial charge on any atom is -0.405 e. The predicted molar refractivity (Wildman–Crippen MR) is 76.0 cm³/mol. The van der Waals surface area contributed by atoms with Crippen LogP contribution in [0, 0.1) is 5.92 Å². The quantitative estimate of drug-likeness (QED) is 0.855. The molecule has 0 bridgehead atoms. The lowest BCUT2D eigenvalue weighted by molar-refractivity contribution is -0.274. The molecule has 0 spiro atoms. The standard InChI is InChI=1S/C16H22F3NO/c1-2-12-7-3-5-9-14(12)20-11-13-8-4-6-10-15(13)21-16(17,18)19/h4,6,8,10,12,14,20H,2-3,5,7,9,11H2,1H3. The van der Waals surface area contributed by atoms with Gasteiger partial charge in [-0.1, -0.05) is 44.4 Å². The van der Waals surface area contributed by atoms with E-state index in [4.69, 9.17) is 0 Å². The maximum atomic E-state index is 12.4. The van der Waals surface area contributed by atoms with Gasteiger partial charge in [0, 0.05) is 18.2 Å². The van der Waals surface area contributed by atoms with Crippen LogP contribution in [0.5, 0.6) is 5.75 Å². The van der Waals surface area contributed by atoms with Crippen molar-refractivity contribution in [3.05, 3.63) is 29.8 Å². The number of rotatable bonds is 5. The SMILES string of the molecule is CCC1CCCCC1NCc1ccccc1OC(F)(F)F. The van der Waals surface area contributed by atoms with Gasteiger partial charge >= 0.3 is 6.36 Å². The van der Waals surface area contributed by atoms with Gasteiger partial charge in [-0.05, 0) is 24.8 Å². The summed E-state index contributed by atoms with van der Waals surface area (Å²) in [6, 6.07) is 6.72. The molecular formula is C16H22F3NO. The molecule has 2 nitrogen and oxygen atoms in total. The van der Waals surface area contributed by atoms with E-state index in [0.717, 1.165) is 12.8 Å². The third-order valence-electron chi connectivity index (χ3n) is 4.19. The summed E-state index contributed by atoms with van der Waals surface area (Å²) in [5.74, 6) is 0.510. The number of halogens is 3. The summed E-state index contributed by atoms with van der Waals surface area (Å²) in [5, 5.41) is 3.42. The largest absolute Gasteiger partial charge is 0.573 e. The molecule has 0 amide bonds. The number of para-hydroxylation sites is 1. The predicted octanol–water partition coefficient (Wildman–Crippen LogP) is 4.64. The van der Waals surface area contributed by atoms with E-state index in [2.05, 4.69) is 17.0 Å². The second kappa shape index (κ2) is 7.16. The van der Waals surface area contributed by atoms with E-state index in [9.17, 15) is 13.2 Å². The van der Waals surface area contributed by atoms with Crippen molar-refractivity contribution in [2.24, 2.45) is 5.92 Å². The van der Waals surface area contributed by atoms with Crippen molar-refractivity contribution in [1.29, 1.82) is 0 Å². The highest BCUT2D eigenvalue weighted by Crippen LogP contribution is 2.29. The minimum absolute atomic E-state index is 0.110. The molecular weight excluding hydrogens is 279 g/mol. The summed E-state index contributed by atoms with van der Waals surface area (Å²) in [6.07, 6.45) is 1.21. The van der Waals surface area contributed by atoms with Crippen LogP contribution in [0.2, 0.25) is 0 Å². The first-order chi connectivity index (χ1) is 9.99. The summed E-state index contributed by atoms with van der Waals surface area (Å²) >= 11 is 0. The number of hydrogen-bond acceptors (Lipinski definition) is 2. The first-order valence-corrected chi connectivity index (χ1v) is 7.56. The first-order valence-electron chi connectivity index (χ1n) is 7.56. The lowest BCUT2D eigenvalue weighted by atomic mass is 9.83. The summed E-state index contributed by atoms with van der Waals surface area (Å²) < 4.78 is 41.3. The van der Waals surface area contributed by atoms with Gasteiger partial charge in [0.1, 0.15) is 5.75 Å². The molecule has 0 aromatic heterocycles. The monoisotopic (exact) mass is 301 g/mol. The molecule has 1 saturated carbocycles. The van der Waals surface area contributed by atoms with Crippen molar-refractivity contribution in [2.45, 2.75) is 58.0 Å². The molecule has 0 aliphatic heterocycles. The molecule has 1 N–H and O–H groups in total. The molecule has 2 atom stereocenters. The van der Waals surface area contributed by atoms with Gasteiger partial charge in [0.05, 0.1) is 0 Å². The van der Waals surface area contributed by atoms with E-state index >= 15 is 0 Å². The van der Waals surface area contributed by atoms with Crippen LogP contribution in [-0.2, 0) is 6.54 Å². The van der Waals surface area contributed by atoms with Gasteiger partial charge in [0.25, 0.3) is 0 Å². The molecule has 1 aliphatic rings. The molecule has 1 aliphatic carbocycles. The molecule has 0 radical (unpaired) electrons. The van der Waals surface area contributed by atoms with Crippen LogP contribution in [0.4, 0.5) is 13.2 Å². The van der Waals surface area contributed by atoms with E-state index in [1.165, 1.54) is 25.3 Å². The lowest BCUT2D eigenvalue weighted by Gasteiger charge is -2.32. The highest BCUT2D eigenvalue weighted by Gasteiger charge is 2.32. The lowest BCUT2D eigenvalue weighted by Crippen LogP contribution is -2.38. The number of hydrogen-bond donors (Lipinski definition) is 1. The van der Waals surface area contributed by atoms with Gasteiger partial charge in [-0.25, -0.2) is 0 Å². The molecule has 0 heterocycles. The normalized spacial score (nSPS) is 23.0. The van der Waals surface area contributed by atoms with Gasteiger partial charge < -0.3 is 10.1 Å². The van der Waals surface area contributed by atoms with Crippen LogP contribution in [0.25, 0.3) is 0 Å². The van der Waals surface area contributed by atoms with Crippen molar-refractivity contribution in [1.82, 2.24) is 5.32 Å². The van der Waals surface area contributed by atoms with Gasteiger partial charge in [-0.2, -0.15) is 0 Å². The van der Waals surface area contributed by atoms with Gasteiger partial charge in [0.2, 0.25) is 0 Å². The van der Waals surface area contributed by atoms with Crippen molar-refractivity contribution in [2.75, 3.05) is 0 Å². The van der Waals surface area contributed by atoms with Crippen molar-refractivity contribution >= 4 is 0 Å². The molecule has 1 aromatic carbocycles. The third-order valence-corrected chi connectivity index (χ3v) is 4.19. The minimum atomic E-state index is -4.65. The Morgan fingerprint density at radius 2 is 1.90 bits per heavy atom. The number of ether oxygens (including phenoxy) is 1. The molecule has 1 aromatic rings. The van der Waals surface area contributed by atoms with E-state index in [1.807, 2.05) is 0 Å². The topological polar surface area (TPSA) is 21.3 Å². The molecule has 21 heavy (non-hydrogen) atoms. The Balaban J connectivity index is 1.99. The zero-order valence-electron chi connectivity index (χ0n) is 12.2. The maximum absolute atomic E-state index is 12.4. The fourth-order valence-electron chi connectivity index (χ4n) is 3.08. The fourth-order valence-corrected chi connectivity index (χ4v) is 3.08. The molecule has 118 valence electrons. The second-order valence-corrected chi connectivity index (χ2v) is 5.60. The van der Waals surface area contributed by atoms with Crippen molar-refractivity contribution in [3.63, 3.8) is 0 Å². The average Bonchev–Trinajstić information content (AvgIpc) is 2.45. The van der Waals surface area contributed by atoms with Crippen LogP contribution in [0.15, 0.2) is 24.3 Å². The van der Waals surface area contributed by atoms with Gasteiger partial charge in [-0.3, -0.25) is 0 Å². The van der Waals surface area contributed by atoms with Crippen LogP contribution >= 0.6 is 0 Å². The smallest absolute Gasteiger partial charge is 0.405 e. The Kier molecular flexibility index (Phi) is 5.51. The Morgan fingerprint density at radius 3 is 2.62 bits per heavy atom. The summed E-state index contributed by atoms with van der Waals surface area (Å²) in [4.78, 5) is 0. The molecule has 1 fully saturated rings. The molecule has 2 unspecified atom stereocenters. The fraction of sp³-hybridized carbons (Fsp3) is 0.625. The molecule has 5 heteroatoms. The number of nitrogens with one attached hydrogen (secondary N) is 1.